The summed E-state index contributed by atoms with van der Waals surface area (Å²) in [6, 6.07) is -2.36. The third kappa shape index (κ3) is 14.9. The fourth-order valence-corrected chi connectivity index (χ4v) is 5.76. The van der Waals surface area contributed by atoms with Crippen molar-refractivity contribution in [2.45, 2.75) is 102 Å². The molecule has 0 saturated carbocycles. The van der Waals surface area contributed by atoms with Crippen molar-refractivity contribution in [1.29, 1.82) is 0 Å². The summed E-state index contributed by atoms with van der Waals surface area (Å²) in [5.74, 6) is -4.26. The van der Waals surface area contributed by atoms with Crippen LogP contribution < -0.4 is 10.6 Å². The molecule has 1 heterocycles. The Hall–Kier alpha value is -3.25. The molecule has 0 aromatic carbocycles. The summed E-state index contributed by atoms with van der Waals surface area (Å²) in [5.41, 5.74) is -2.13. The quantitative estimate of drug-likeness (QED) is 0.182. The number of nitrogens with one attached hydrogen (secondary N) is 2. The van der Waals surface area contributed by atoms with Crippen molar-refractivity contribution in [3.05, 3.63) is 0 Å². The van der Waals surface area contributed by atoms with Crippen LogP contribution in [0.15, 0.2) is 0 Å². The van der Waals surface area contributed by atoms with Gasteiger partial charge in [0.1, 0.15) is 35.8 Å². The molecule has 1 fully saturated rings. The molecule has 2 N–H and O–H groups in total. The topological polar surface area (TPSA) is 208 Å². The number of carbonyl (C=O) groups excluding carboxylic acids is 7. The highest BCUT2D eigenvalue weighted by atomic mass is 32.2. The minimum atomic E-state index is -1.42. The number of alkyl carbamates (subject to hydrolysis) is 1. The van der Waals surface area contributed by atoms with Crippen LogP contribution in [-0.2, 0) is 61.9 Å². The Morgan fingerprint density at radius 2 is 1.37 bits per heavy atom. The van der Waals surface area contributed by atoms with E-state index in [9.17, 15) is 33.6 Å². The van der Waals surface area contributed by atoms with Gasteiger partial charge in [-0.25, -0.2) is 9.59 Å². The molecule has 7 atom stereocenters. The van der Waals surface area contributed by atoms with Crippen LogP contribution in [-0.4, -0.2) is 121 Å². The van der Waals surface area contributed by atoms with Crippen LogP contribution in [0, 0.1) is 0 Å². The Morgan fingerprint density at radius 1 is 0.804 bits per heavy atom. The molecule has 1 aliphatic heterocycles. The van der Waals surface area contributed by atoms with E-state index in [1.54, 1.807) is 20.8 Å². The van der Waals surface area contributed by atoms with E-state index in [0.29, 0.717) is 5.75 Å². The Kier molecular flexibility index (Phi) is 17.2. The fourth-order valence-electron chi connectivity index (χ4n) is 4.05. The summed E-state index contributed by atoms with van der Waals surface area (Å²) < 4.78 is 37.6. The first kappa shape index (κ1) is 40.8. The van der Waals surface area contributed by atoms with Gasteiger partial charge in [0.25, 0.3) is 0 Å². The Balaban J connectivity index is 3.48. The highest BCUT2D eigenvalue weighted by molar-refractivity contribution is 7.99. The minimum absolute atomic E-state index is 0.242. The predicted molar refractivity (Wildman–Crippen MR) is 165 cm³/mol. The van der Waals surface area contributed by atoms with Crippen LogP contribution in [0.5, 0.6) is 0 Å². The second-order valence-electron chi connectivity index (χ2n) is 11.0. The number of hydrogen-bond donors (Lipinski definition) is 2. The number of thioether (sulfide) groups is 2. The molecule has 46 heavy (non-hydrogen) atoms. The van der Waals surface area contributed by atoms with Crippen molar-refractivity contribution in [3.63, 3.8) is 0 Å². The normalized spacial score (nSPS) is 22.2. The van der Waals surface area contributed by atoms with E-state index in [0.717, 1.165) is 39.5 Å². The van der Waals surface area contributed by atoms with E-state index in [-0.39, 0.29) is 12.2 Å². The van der Waals surface area contributed by atoms with Gasteiger partial charge in [-0.05, 0) is 39.2 Å². The van der Waals surface area contributed by atoms with Gasteiger partial charge in [-0.3, -0.25) is 24.0 Å². The number of hydrogen-bond acceptors (Lipinski definition) is 16. The maximum Gasteiger partial charge on any atom is 0.408 e. The third-order valence-corrected chi connectivity index (χ3v) is 7.67. The monoisotopic (exact) mass is 696 g/mol. The van der Waals surface area contributed by atoms with Crippen LogP contribution in [0.1, 0.15) is 54.9 Å². The second kappa shape index (κ2) is 19.4. The summed E-state index contributed by atoms with van der Waals surface area (Å²) in [5, 5.41) is 5.06. The molecule has 1 rings (SSSR count). The van der Waals surface area contributed by atoms with Gasteiger partial charge in [0.15, 0.2) is 18.3 Å². The Labute approximate surface area is 276 Å². The van der Waals surface area contributed by atoms with Crippen LogP contribution in [0.3, 0.4) is 0 Å². The summed E-state index contributed by atoms with van der Waals surface area (Å²) in [4.78, 5) is 86.4. The molecule has 0 radical (unpaired) electrons. The summed E-state index contributed by atoms with van der Waals surface area (Å²) >= 11 is 2.32. The lowest BCUT2D eigenvalue weighted by molar-refractivity contribution is -0.237. The van der Waals surface area contributed by atoms with Gasteiger partial charge in [-0.2, -0.15) is 11.8 Å². The smallest absolute Gasteiger partial charge is 0.408 e. The van der Waals surface area contributed by atoms with E-state index < -0.39 is 96.0 Å². The number of ether oxygens (including phenoxy) is 7. The number of rotatable bonds is 15. The summed E-state index contributed by atoms with van der Waals surface area (Å²) in [7, 11) is 1.18. The molecule has 0 aromatic heterocycles. The number of amides is 2. The molecule has 1 aliphatic rings. The zero-order valence-electron chi connectivity index (χ0n) is 27.4. The predicted octanol–water partition coefficient (Wildman–Crippen LogP) is 1.11. The van der Waals surface area contributed by atoms with E-state index in [1.807, 2.05) is 6.26 Å². The van der Waals surface area contributed by atoms with Gasteiger partial charge >= 0.3 is 35.9 Å². The molecule has 1 saturated heterocycles. The van der Waals surface area contributed by atoms with Gasteiger partial charge in [0.2, 0.25) is 5.91 Å². The highest BCUT2D eigenvalue weighted by Crippen LogP contribution is 2.34. The third-order valence-electron chi connectivity index (χ3n) is 5.80. The molecule has 0 unspecified atom stereocenters. The molecule has 0 aromatic rings. The first-order valence-corrected chi connectivity index (χ1v) is 16.6. The van der Waals surface area contributed by atoms with E-state index in [2.05, 4.69) is 10.6 Å². The van der Waals surface area contributed by atoms with Crippen molar-refractivity contribution in [1.82, 2.24) is 10.6 Å². The number of esters is 5. The first-order chi connectivity index (χ1) is 21.4. The highest BCUT2D eigenvalue weighted by Gasteiger charge is 2.52. The van der Waals surface area contributed by atoms with Crippen LogP contribution in [0.2, 0.25) is 0 Å². The van der Waals surface area contributed by atoms with E-state index in [4.69, 9.17) is 33.2 Å². The Morgan fingerprint density at radius 3 is 1.87 bits per heavy atom. The van der Waals surface area contributed by atoms with Gasteiger partial charge in [-0.15, -0.1) is 11.8 Å². The minimum Gasteiger partial charge on any atom is -0.467 e. The van der Waals surface area contributed by atoms with Crippen molar-refractivity contribution in [2.75, 3.05) is 31.5 Å². The maximum atomic E-state index is 13.5. The van der Waals surface area contributed by atoms with Crippen molar-refractivity contribution in [3.8, 4) is 0 Å². The van der Waals surface area contributed by atoms with Crippen molar-refractivity contribution < 1.29 is 66.7 Å². The average molecular weight is 697 g/mol. The number of carbonyl (C=O) groups is 7. The lowest BCUT2D eigenvalue weighted by Crippen LogP contribution is -2.62. The zero-order valence-corrected chi connectivity index (χ0v) is 29.0. The molecule has 0 aliphatic carbocycles. The number of methoxy groups -OCH3 is 1. The molecular weight excluding hydrogens is 652 g/mol. The van der Waals surface area contributed by atoms with E-state index >= 15 is 0 Å². The Bertz CT molecular complexity index is 1100. The van der Waals surface area contributed by atoms with Gasteiger partial charge in [0.05, 0.1) is 7.11 Å². The molecular formula is C28H44N2O14S2. The molecule has 0 bridgehead atoms. The van der Waals surface area contributed by atoms with Crippen LogP contribution >= 0.6 is 23.5 Å². The van der Waals surface area contributed by atoms with E-state index in [1.165, 1.54) is 18.9 Å². The lowest BCUT2D eigenvalue weighted by Gasteiger charge is -2.44. The summed E-state index contributed by atoms with van der Waals surface area (Å²) in [6.45, 7) is 8.88. The second-order valence-corrected chi connectivity index (χ2v) is 13.1. The lowest BCUT2D eigenvalue weighted by atomic mass is 9.99. The summed E-state index contributed by atoms with van der Waals surface area (Å²) in [6.07, 6.45) is -4.24. The maximum absolute atomic E-state index is 13.5. The van der Waals surface area contributed by atoms with Crippen molar-refractivity contribution >= 4 is 65.4 Å². The van der Waals surface area contributed by atoms with Gasteiger partial charge < -0.3 is 43.8 Å². The average Bonchev–Trinajstić information content (AvgIpc) is 2.92. The molecule has 16 nitrogen and oxygen atoms in total. The fraction of sp³-hybridized carbons (Fsp3) is 0.750. The van der Waals surface area contributed by atoms with Gasteiger partial charge in [0, 0.05) is 33.4 Å². The SMILES string of the molecule is COC(=O)[C@H](CCSC)NC(=O)[C@H](CS[C@H]1O[C@H](COC(C)=O)[C@@H](OC(C)=O)[C@H](OC(C)=O)[C@H]1OC(C)=O)NC(=O)OC(C)(C)C. The molecule has 262 valence electrons. The zero-order chi connectivity index (χ0) is 35.2. The largest absolute Gasteiger partial charge is 0.467 e. The van der Waals surface area contributed by atoms with Crippen LogP contribution in [0.4, 0.5) is 4.79 Å². The molecule has 0 spiro atoms. The molecule has 18 heteroatoms. The first-order valence-electron chi connectivity index (χ1n) is 14.2. The molecule has 2 amide bonds. The van der Waals surface area contributed by atoms with Crippen LogP contribution in [0.25, 0.3) is 0 Å². The standard InChI is InChI=1S/C28H44N2O14S2/c1-14(31)39-12-20-21(40-15(2)32)22(41-16(3)33)23(42-17(4)34)26(43-20)46-13-19(30-27(37)44-28(5,6)7)24(35)29-18(10-11-45-9)25(36)38-8/h18-23,26H,10-13H2,1-9H3,(H,29,35)(H,30,37)/t18-,19-,20+,21+,22-,23+,26+/m0/s1. The van der Waals surface area contributed by atoms with Gasteiger partial charge in [-0.1, -0.05) is 0 Å². The van der Waals surface area contributed by atoms with Crippen molar-refractivity contribution in [2.24, 2.45) is 0 Å².